The third-order valence-electron chi connectivity index (χ3n) is 2.90. The number of nitrogens with zero attached hydrogens (tertiary/aromatic N) is 3. The predicted octanol–water partition coefficient (Wildman–Crippen LogP) is 0.614. The zero-order chi connectivity index (χ0) is 13.5. The Bertz CT molecular complexity index is 461. The zero-order valence-electron chi connectivity index (χ0n) is 10.6. The summed E-state index contributed by atoms with van der Waals surface area (Å²) >= 11 is 0. The lowest BCUT2D eigenvalue weighted by Crippen LogP contribution is -2.41. The zero-order valence-corrected chi connectivity index (χ0v) is 10.6. The first-order chi connectivity index (χ1) is 9.29. The predicted molar refractivity (Wildman–Crippen MR) is 69.5 cm³/mol. The molecule has 2 rings (SSSR count). The van der Waals surface area contributed by atoms with Crippen LogP contribution in [0.15, 0.2) is 18.3 Å². The molecule has 0 aliphatic carbocycles. The van der Waals surface area contributed by atoms with Gasteiger partial charge in [-0.05, 0) is 12.1 Å². The Morgan fingerprint density at radius 3 is 2.89 bits per heavy atom. The average Bonchev–Trinajstić information content (AvgIpc) is 2.49. The molecule has 0 saturated carbocycles. The molecule has 6 nitrogen and oxygen atoms in total. The molecule has 19 heavy (non-hydrogen) atoms. The van der Waals surface area contributed by atoms with E-state index in [0.29, 0.717) is 50.7 Å². The van der Waals surface area contributed by atoms with Gasteiger partial charge in [0.1, 0.15) is 11.9 Å². The Labute approximate surface area is 112 Å². The fourth-order valence-corrected chi connectivity index (χ4v) is 1.83. The molecule has 100 valence electrons. The molecule has 1 aromatic rings. The van der Waals surface area contributed by atoms with E-state index in [0.717, 1.165) is 0 Å². The van der Waals surface area contributed by atoms with Crippen molar-refractivity contribution in [2.75, 3.05) is 38.2 Å². The minimum absolute atomic E-state index is 0.129. The molecule has 0 bridgehead atoms. The van der Waals surface area contributed by atoms with E-state index in [9.17, 15) is 4.79 Å². The monoisotopic (exact) mass is 260 g/mol. The van der Waals surface area contributed by atoms with Crippen molar-refractivity contribution in [3.05, 3.63) is 23.9 Å². The topological polar surface area (TPSA) is 78.2 Å². The van der Waals surface area contributed by atoms with Crippen molar-refractivity contribution < 1.29 is 9.53 Å². The van der Waals surface area contributed by atoms with Crippen LogP contribution in [-0.4, -0.2) is 48.6 Å². The molecular formula is C13H16N4O2. The lowest BCUT2D eigenvalue weighted by atomic mass is 10.3. The first kappa shape index (κ1) is 13.3. The second-order valence-corrected chi connectivity index (χ2v) is 4.21. The molecule has 1 aliphatic heterocycles. The number of carbonyl (C=O) groups is 1. The van der Waals surface area contributed by atoms with Crippen LogP contribution in [0.25, 0.3) is 0 Å². The normalized spacial score (nSPS) is 14.8. The molecule has 6 heteroatoms. The van der Waals surface area contributed by atoms with Crippen molar-refractivity contribution in [3.63, 3.8) is 0 Å². The third kappa shape index (κ3) is 3.93. The van der Waals surface area contributed by atoms with Crippen molar-refractivity contribution in [2.24, 2.45) is 0 Å². The molecule has 1 saturated heterocycles. The quantitative estimate of drug-likeness (QED) is 0.858. The second kappa shape index (κ2) is 6.71. The van der Waals surface area contributed by atoms with Gasteiger partial charge in [-0.15, -0.1) is 0 Å². The first-order valence-corrected chi connectivity index (χ1v) is 6.25. The SMILES string of the molecule is N#Cc1ccc(NCCC(=O)N2CCOCC2)nc1. The number of nitriles is 1. The van der Waals surface area contributed by atoms with E-state index >= 15 is 0 Å². The van der Waals surface area contributed by atoms with Crippen molar-refractivity contribution >= 4 is 11.7 Å². The number of morpholine rings is 1. The summed E-state index contributed by atoms with van der Waals surface area (Å²) in [6, 6.07) is 5.44. The van der Waals surface area contributed by atoms with Crippen LogP contribution in [0.2, 0.25) is 0 Å². The summed E-state index contributed by atoms with van der Waals surface area (Å²) in [6.07, 6.45) is 1.94. The van der Waals surface area contributed by atoms with Crippen molar-refractivity contribution in [1.29, 1.82) is 5.26 Å². The van der Waals surface area contributed by atoms with Crippen LogP contribution < -0.4 is 5.32 Å². The minimum atomic E-state index is 0.129. The number of rotatable bonds is 4. The number of hydrogen-bond donors (Lipinski definition) is 1. The van der Waals surface area contributed by atoms with Crippen molar-refractivity contribution in [2.45, 2.75) is 6.42 Å². The maximum absolute atomic E-state index is 11.9. The lowest BCUT2D eigenvalue weighted by Gasteiger charge is -2.26. The highest BCUT2D eigenvalue weighted by atomic mass is 16.5. The van der Waals surface area contributed by atoms with E-state index < -0.39 is 0 Å². The number of pyridine rings is 1. The summed E-state index contributed by atoms with van der Waals surface area (Å²) in [7, 11) is 0. The maximum Gasteiger partial charge on any atom is 0.224 e. The van der Waals surface area contributed by atoms with Gasteiger partial charge in [0.2, 0.25) is 5.91 Å². The summed E-state index contributed by atoms with van der Waals surface area (Å²) in [4.78, 5) is 17.8. The number of carbonyl (C=O) groups excluding carboxylic acids is 1. The Morgan fingerprint density at radius 1 is 1.47 bits per heavy atom. The average molecular weight is 260 g/mol. The van der Waals surface area contributed by atoms with E-state index in [2.05, 4.69) is 10.3 Å². The number of nitrogens with one attached hydrogen (secondary N) is 1. The molecule has 0 spiro atoms. The number of hydrogen-bond acceptors (Lipinski definition) is 5. The Hall–Kier alpha value is -2.13. The van der Waals surface area contributed by atoms with Gasteiger partial charge in [0.05, 0.1) is 18.8 Å². The van der Waals surface area contributed by atoms with Gasteiger partial charge < -0.3 is 15.0 Å². The van der Waals surface area contributed by atoms with Crippen LogP contribution in [-0.2, 0) is 9.53 Å². The number of amides is 1. The van der Waals surface area contributed by atoms with E-state index in [-0.39, 0.29) is 5.91 Å². The third-order valence-corrected chi connectivity index (χ3v) is 2.90. The lowest BCUT2D eigenvalue weighted by molar-refractivity contribution is -0.134. The van der Waals surface area contributed by atoms with Gasteiger partial charge in [-0.25, -0.2) is 4.98 Å². The number of aromatic nitrogens is 1. The first-order valence-electron chi connectivity index (χ1n) is 6.25. The summed E-state index contributed by atoms with van der Waals surface area (Å²) < 4.78 is 5.20. The molecule has 0 radical (unpaired) electrons. The molecule has 1 aliphatic rings. The molecule has 1 amide bonds. The highest BCUT2D eigenvalue weighted by Gasteiger charge is 2.15. The maximum atomic E-state index is 11.9. The van der Waals surface area contributed by atoms with Gasteiger partial charge >= 0.3 is 0 Å². The highest BCUT2D eigenvalue weighted by Crippen LogP contribution is 2.05. The van der Waals surface area contributed by atoms with Crippen LogP contribution in [0.4, 0.5) is 5.82 Å². The Balaban J connectivity index is 1.73. The smallest absolute Gasteiger partial charge is 0.224 e. The summed E-state index contributed by atoms with van der Waals surface area (Å²) in [5, 5.41) is 11.7. The number of anilines is 1. The number of ether oxygens (including phenoxy) is 1. The van der Waals surface area contributed by atoms with Gasteiger partial charge in [0, 0.05) is 32.3 Å². The van der Waals surface area contributed by atoms with Gasteiger partial charge in [-0.2, -0.15) is 5.26 Å². The fraction of sp³-hybridized carbons (Fsp3) is 0.462. The van der Waals surface area contributed by atoms with E-state index in [1.54, 1.807) is 12.1 Å². The van der Waals surface area contributed by atoms with Gasteiger partial charge in [0.25, 0.3) is 0 Å². The summed E-state index contributed by atoms with van der Waals surface area (Å²) in [6.45, 7) is 3.13. The largest absolute Gasteiger partial charge is 0.378 e. The van der Waals surface area contributed by atoms with Crippen molar-refractivity contribution in [3.8, 4) is 6.07 Å². The second-order valence-electron chi connectivity index (χ2n) is 4.21. The molecular weight excluding hydrogens is 244 g/mol. The molecule has 0 aromatic carbocycles. The summed E-state index contributed by atoms with van der Waals surface area (Å²) in [5.41, 5.74) is 0.523. The highest BCUT2D eigenvalue weighted by molar-refractivity contribution is 5.76. The molecule has 0 atom stereocenters. The van der Waals surface area contributed by atoms with Crippen LogP contribution >= 0.6 is 0 Å². The fourth-order valence-electron chi connectivity index (χ4n) is 1.83. The van der Waals surface area contributed by atoms with Gasteiger partial charge in [-0.3, -0.25) is 4.79 Å². The molecule has 1 fully saturated rings. The van der Waals surface area contributed by atoms with Crippen molar-refractivity contribution in [1.82, 2.24) is 9.88 Å². The van der Waals surface area contributed by atoms with Gasteiger partial charge in [0.15, 0.2) is 0 Å². The Kier molecular flexibility index (Phi) is 4.70. The summed E-state index contributed by atoms with van der Waals surface area (Å²) in [5.74, 6) is 0.804. The van der Waals surface area contributed by atoms with Gasteiger partial charge in [-0.1, -0.05) is 0 Å². The standard InChI is InChI=1S/C13H16N4O2/c14-9-11-1-2-12(16-10-11)15-4-3-13(18)17-5-7-19-8-6-17/h1-2,10H,3-8H2,(H,15,16). The molecule has 1 aromatic heterocycles. The molecule has 0 unspecified atom stereocenters. The van der Waals surface area contributed by atoms with E-state index in [1.807, 2.05) is 11.0 Å². The Morgan fingerprint density at radius 2 is 2.26 bits per heavy atom. The molecule has 1 N–H and O–H groups in total. The molecule has 2 heterocycles. The van der Waals surface area contributed by atoms with Crippen LogP contribution in [0.3, 0.4) is 0 Å². The van der Waals surface area contributed by atoms with E-state index in [1.165, 1.54) is 6.20 Å². The minimum Gasteiger partial charge on any atom is -0.378 e. The van der Waals surface area contributed by atoms with Crippen LogP contribution in [0, 0.1) is 11.3 Å². The van der Waals surface area contributed by atoms with Crippen LogP contribution in [0.5, 0.6) is 0 Å². The van der Waals surface area contributed by atoms with Crippen LogP contribution in [0.1, 0.15) is 12.0 Å². The van der Waals surface area contributed by atoms with E-state index in [4.69, 9.17) is 10.00 Å².